The maximum absolute atomic E-state index is 12.6. The zero-order valence-corrected chi connectivity index (χ0v) is 37.8. The molecule has 336 valence electrons. The van der Waals surface area contributed by atoms with Gasteiger partial charge in [-0.25, -0.2) is 0 Å². The average Bonchev–Trinajstić information content (AvgIpc) is 4.08. The summed E-state index contributed by atoms with van der Waals surface area (Å²) in [6, 6.07) is 1.90. The number of rotatable bonds is 11. The van der Waals surface area contributed by atoms with Crippen LogP contribution in [0.4, 0.5) is 0 Å². The first-order valence-corrected chi connectivity index (χ1v) is 23.4. The zero-order chi connectivity index (χ0) is 43.8. The summed E-state index contributed by atoms with van der Waals surface area (Å²) < 4.78 is 15.2. The van der Waals surface area contributed by atoms with Crippen molar-refractivity contribution in [3.8, 4) is 6.07 Å². The molecule has 19 unspecified atom stereocenters. The molecule has 0 radical (unpaired) electrons. The van der Waals surface area contributed by atoms with Crippen LogP contribution in [-0.4, -0.2) is 73.3 Å². The van der Waals surface area contributed by atoms with Crippen LogP contribution in [0.3, 0.4) is 0 Å². The number of hydrogen-bond donors (Lipinski definition) is 3. The van der Waals surface area contributed by atoms with Crippen molar-refractivity contribution in [2.45, 2.75) is 119 Å². The predicted molar refractivity (Wildman–Crippen MR) is 224 cm³/mol. The van der Waals surface area contributed by atoms with Crippen LogP contribution in [0, 0.1) is 124 Å². The van der Waals surface area contributed by atoms with Crippen LogP contribution in [0.1, 0.15) is 114 Å². The highest BCUT2D eigenvalue weighted by atomic mass is 16.6. The monoisotopic (exact) mass is 838 g/mol. The molecule has 8 bridgehead atoms. The Bertz CT molecular complexity index is 1620. The fourth-order valence-electron chi connectivity index (χ4n) is 14.4. The molecule has 0 saturated heterocycles. The summed E-state index contributed by atoms with van der Waals surface area (Å²) >= 11 is 0. The third-order valence-corrected chi connectivity index (χ3v) is 17.7. The van der Waals surface area contributed by atoms with Gasteiger partial charge >= 0.3 is 17.9 Å². The zero-order valence-electron chi connectivity index (χ0n) is 37.8. The molecule has 0 heterocycles. The number of carbonyl (C=O) groups is 5. The third kappa shape index (κ3) is 9.56. The Morgan fingerprint density at radius 1 is 0.583 bits per heavy atom. The van der Waals surface area contributed by atoms with E-state index >= 15 is 0 Å². The second-order valence-corrected chi connectivity index (χ2v) is 21.4. The summed E-state index contributed by atoms with van der Waals surface area (Å²) in [5, 5.41) is 22.2. The number of esters is 3. The number of nitrogens with zero attached hydrogens (tertiary/aromatic N) is 1. The molecular weight excluding hydrogens is 763 g/mol. The van der Waals surface area contributed by atoms with Crippen LogP contribution in [0.15, 0.2) is 0 Å². The third-order valence-electron chi connectivity index (χ3n) is 17.7. The molecule has 2 amide bonds. The van der Waals surface area contributed by atoms with Gasteiger partial charge in [0.2, 0.25) is 11.8 Å². The summed E-state index contributed by atoms with van der Waals surface area (Å²) in [6.07, 6.45) is 8.26. The van der Waals surface area contributed by atoms with Gasteiger partial charge in [-0.15, -0.1) is 0 Å². The number of aliphatic hydroxyl groups is 1. The molecule has 60 heavy (non-hydrogen) atoms. The number of carbonyl (C=O) groups excluding carboxylic acids is 5. The van der Waals surface area contributed by atoms with Crippen LogP contribution in [0.5, 0.6) is 0 Å². The molecule has 0 aromatic heterocycles. The lowest BCUT2D eigenvalue weighted by Crippen LogP contribution is -2.42. The molecule has 0 aliphatic heterocycles. The van der Waals surface area contributed by atoms with Crippen molar-refractivity contribution in [1.29, 1.82) is 5.26 Å². The molecular formula is C48H75N3O9. The topological polar surface area (TPSA) is 181 Å². The number of aliphatic hydroxyl groups excluding tert-OH is 1. The number of nitrogens with one attached hydrogen (secondary N) is 2. The van der Waals surface area contributed by atoms with E-state index < -0.39 is 11.9 Å². The molecule has 0 aromatic rings. The molecule has 12 heteroatoms. The largest absolute Gasteiger partial charge is 0.463 e. The molecule has 0 spiro atoms. The molecule has 8 rings (SSSR count). The molecule has 19 atom stereocenters. The van der Waals surface area contributed by atoms with Crippen molar-refractivity contribution in [3.63, 3.8) is 0 Å². The Morgan fingerprint density at radius 2 is 1.03 bits per heavy atom. The van der Waals surface area contributed by atoms with Crippen LogP contribution in [0.2, 0.25) is 0 Å². The lowest BCUT2D eigenvalue weighted by molar-refractivity contribution is -0.164. The lowest BCUT2D eigenvalue weighted by atomic mass is 9.62. The van der Waals surface area contributed by atoms with Gasteiger partial charge in [-0.05, 0) is 160 Å². The van der Waals surface area contributed by atoms with E-state index in [9.17, 15) is 24.0 Å². The number of fused-ring (bicyclic) bond motifs is 13. The smallest absolute Gasteiger partial charge is 0.325 e. The summed E-state index contributed by atoms with van der Waals surface area (Å²) in [7, 11) is 0. The van der Waals surface area contributed by atoms with E-state index in [1.165, 1.54) is 12.8 Å². The standard InChI is InChI=1S/C19H30O2.C15H22N2O3.C14H23NO4/c1-9-10(2)13-8-12(9)16-11-6-14(17(13)16)15(7-11)18(20)21-19(3,4)5;1-9-10(2)12-6-11(9)7-13(12)15(19)17-8-14(18)20-5-3-4-16;1-8-9(2)11-5-10(8)6-12(11)14(18)15-7-13(17)19-4-3-16/h9-17H,6-8H2,1-5H3;9-13H,3,5-8H2,1-2H3,(H,17,19);8-12,16H,3-7H2,1-2H3,(H,15,18). The highest BCUT2D eigenvalue weighted by Crippen LogP contribution is 2.71. The second kappa shape index (κ2) is 19.0. The lowest BCUT2D eigenvalue weighted by Gasteiger charge is -2.43. The van der Waals surface area contributed by atoms with Crippen LogP contribution >= 0.6 is 0 Å². The van der Waals surface area contributed by atoms with Crippen molar-refractivity contribution in [3.05, 3.63) is 0 Å². The molecule has 0 aromatic carbocycles. The van der Waals surface area contributed by atoms with E-state index in [1.54, 1.807) is 0 Å². The first-order valence-electron chi connectivity index (χ1n) is 23.4. The van der Waals surface area contributed by atoms with Crippen LogP contribution in [0.25, 0.3) is 0 Å². The first kappa shape index (κ1) is 46.3. The van der Waals surface area contributed by atoms with Gasteiger partial charge < -0.3 is 30.0 Å². The summed E-state index contributed by atoms with van der Waals surface area (Å²) in [5.74, 6) is 11.2. The van der Waals surface area contributed by atoms with Crippen molar-refractivity contribution >= 4 is 29.7 Å². The Labute approximate surface area is 358 Å². The predicted octanol–water partition coefficient (Wildman–Crippen LogP) is 6.19. The Morgan fingerprint density at radius 3 is 1.48 bits per heavy atom. The van der Waals surface area contributed by atoms with Gasteiger partial charge in [0, 0.05) is 11.8 Å². The first-order chi connectivity index (χ1) is 28.4. The van der Waals surface area contributed by atoms with E-state index in [0.717, 1.165) is 73.5 Å². The molecule has 8 aliphatic carbocycles. The summed E-state index contributed by atoms with van der Waals surface area (Å²) in [4.78, 5) is 59.4. The van der Waals surface area contributed by atoms with Crippen molar-refractivity contribution < 1.29 is 43.3 Å². The number of ether oxygens (including phenoxy) is 3. The number of hydrogen-bond acceptors (Lipinski definition) is 10. The van der Waals surface area contributed by atoms with Crippen LogP contribution < -0.4 is 10.6 Å². The Balaban J connectivity index is 0.000000151. The Hall–Kier alpha value is -3.20. The summed E-state index contributed by atoms with van der Waals surface area (Å²) in [6.45, 7) is 19.6. The maximum atomic E-state index is 12.6. The van der Waals surface area contributed by atoms with Gasteiger partial charge in [-0.3, -0.25) is 24.0 Å². The molecule has 8 fully saturated rings. The van der Waals surface area contributed by atoms with Crippen molar-refractivity contribution in [2.24, 2.45) is 112 Å². The minimum absolute atomic E-state index is 0.0165. The fourth-order valence-corrected chi connectivity index (χ4v) is 14.4. The molecule has 3 N–H and O–H groups in total. The molecule has 12 nitrogen and oxygen atoms in total. The fraction of sp³-hybridized carbons (Fsp3) is 0.875. The van der Waals surface area contributed by atoms with E-state index in [4.69, 9.17) is 24.6 Å². The van der Waals surface area contributed by atoms with Gasteiger partial charge in [0.15, 0.2) is 0 Å². The minimum atomic E-state index is -0.494. The van der Waals surface area contributed by atoms with Crippen molar-refractivity contribution in [2.75, 3.05) is 32.9 Å². The quantitative estimate of drug-likeness (QED) is 0.0940. The van der Waals surface area contributed by atoms with Crippen LogP contribution in [-0.2, 0) is 38.2 Å². The van der Waals surface area contributed by atoms with Crippen molar-refractivity contribution in [1.82, 2.24) is 10.6 Å². The summed E-state index contributed by atoms with van der Waals surface area (Å²) in [5.41, 5.74) is -0.338. The normalized spacial score (nSPS) is 41.9. The highest BCUT2D eigenvalue weighted by Gasteiger charge is 2.67. The Kier molecular flexibility index (Phi) is 14.7. The minimum Gasteiger partial charge on any atom is -0.463 e. The van der Waals surface area contributed by atoms with E-state index in [0.29, 0.717) is 53.3 Å². The highest BCUT2D eigenvalue weighted by molar-refractivity contribution is 5.84. The van der Waals surface area contributed by atoms with Gasteiger partial charge in [-0.1, -0.05) is 41.5 Å². The van der Waals surface area contributed by atoms with Gasteiger partial charge in [0.25, 0.3) is 0 Å². The van der Waals surface area contributed by atoms with E-state index in [2.05, 4.69) is 52.2 Å². The number of amides is 2. The van der Waals surface area contributed by atoms with Gasteiger partial charge in [0.05, 0.1) is 25.0 Å². The van der Waals surface area contributed by atoms with E-state index in [-0.39, 0.29) is 80.5 Å². The maximum Gasteiger partial charge on any atom is 0.325 e. The van der Waals surface area contributed by atoms with E-state index in [1.807, 2.05) is 26.8 Å². The molecule has 8 saturated carbocycles. The van der Waals surface area contributed by atoms with Gasteiger partial charge in [-0.2, -0.15) is 5.26 Å². The van der Waals surface area contributed by atoms with Gasteiger partial charge in [0.1, 0.15) is 31.9 Å². The number of nitriles is 1. The molecule has 8 aliphatic rings. The average molecular weight is 838 g/mol. The SMILES string of the molecule is CC1C(C)C2CC1C1C3CC(C(=O)OC(C)(C)C)C(C3)C21.CC1C2CC(C(=O)NCC(=O)OCCC#N)C(C2)C1C.CC1C2CC(C(=O)NCC(=O)OCCO)C(C2)C1C. The second-order valence-electron chi connectivity index (χ2n) is 21.4.